The van der Waals surface area contributed by atoms with E-state index in [4.69, 9.17) is 11.6 Å². The maximum absolute atomic E-state index is 12.6. The molecule has 116 valence electrons. The highest BCUT2D eigenvalue weighted by atomic mass is 35.5. The second-order valence-electron chi connectivity index (χ2n) is 5.68. The molecule has 1 aromatic heterocycles. The number of nitrogens with one attached hydrogen (secondary N) is 1. The number of hydrogen-bond acceptors (Lipinski definition) is 4. The second kappa shape index (κ2) is 7.09. The molecular formula is C15H23ClN4O. The first-order chi connectivity index (χ1) is 10.0. The van der Waals surface area contributed by atoms with Crippen molar-refractivity contribution in [2.45, 2.75) is 13.3 Å². The van der Waals surface area contributed by atoms with Gasteiger partial charge in [0.2, 0.25) is 0 Å². The Morgan fingerprint density at radius 3 is 3.00 bits per heavy atom. The summed E-state index contributed by atoms with van der Waals surface area (Å²) < 4.78 is 0. The Morgan fingerprint density at radius 2 is 2.38 bits per heavy atom. The fraction of sp³-hybridized carbons (Fsp3) is 0.600. The van der Waals surface area contributed by atoms with Crippen LogP contribution in [0.25, 0.3) is 0 Å². The third kappa shape index (κ3) is 4.08. The number of carbonyl (C=O) groups excluding carboxylic acids is 1. The van der Waals surface area contributed by atoms with E-state index in [-0.39, 0.29) is 5.91 Å². The van der Waals surface area contributed by atoms with Gasteiger partial charge in [-0.25, -0.2) is 4.98 Å². The highest BCUT2D eigenvalue weighted by molar-refractivity contribution is 6.33. The summed E-state index contributed by atoms with van der Waals surface area (Å²) in [6, 6.07) is 1.73. The number of anilines is 1. The molecule has 2 heterocycles. The first-order valence-corrected chi connectivity index (χ1v) is 7.72. The molecular weight excluding hydrogens is 288 g/mol. The summed E-state index contributed by atoms with van der Waals surface area (Å²) in [5.41, 5.74) is 0.511. The van der Waals surface area contributed by atoms with Gasteiger partial charge in [-0.1, -0.05) is 11.6 Å². The lowest BCUT2D eigenvalue weighted by Crippen LogP contribution is -2.33. The molecule has 6 heteroatoms. The topological polar surface area (TPSA) is 48.5 Å². The third-order valence-corrected chi connectivity index (χ3v) is 4.11. The van der Waals surface area contributed by atoms with Gasteiger partial charge < -0.3 is 15.1 Å². The van der Waals surface area contributed by atoms with E-state index in [0.29, 0.717) is 22.3 Å². The zero-order valence-electron chi connectivity index (χ0n) is 12.9. The fourth-order valence-corrected chi connectivity index (χ4v) is 2.92. The van der Waals surface area contributed by atoms with Crippen LogP contribution in [0.4, 0.5) is 5.82 Å². The average molecular weight is 311 g/mol. The maximum atomic E-state index is 12.6. The monoisotopic (exact) mass is 310 g/mol. The van der Waals surface area contributed by atoms with Crippen molar-refractivity contribution in [2.24, 2.45) is 5.92 Å². The zero-order valence-corrected chi connectivity index (χ0v) is 13.7. The summed E-state index contributed by atoms with van der Waals surface area (Å²) in [5.74, 6) is 1.17. The molecule has 0 saturated carbocycles. The molecule has 0 spiro atoms. The van der Waals surface area contributed by atoms with Gasteiger partial charge in [0, 0.05) is 32.9 Å². The van der Waals surface area contributed by atoms with Gasteiger partial charge in [-0.05, 0) is 38.9 Å². The lowest BCUT2D eigenvalue weighted by atomic mass is 10.1. The van der Waals surface area contributed by atoms with E-state index in [1.807, 2.05) is 14.0 Å². The van der Waals surface area contributed by atoms with Crippen molar-refractivity contribution in [3.63, 3.8) is 0 Å². The fourth-order valence-electron chi connectivity index (χ4n) is 2.73. The van der Waals surface area contributed by atoms with Crippen molar-refractivity contribution < 1.29 is 4.79 Å². The minimum absolute atomic E-state index is 0.0453. The molecule has 2 rings (SSSR count). The summed E-state index contributed by atoms with van der Waals surface area (Å²) in [6.45, 7) is 5.66. The number of likely N-dealkylation sites (tertiary alicyclic amines) is 1. The lowest BCUT2D eigenvalue weighted by molar-refractivity contribution is 0.0774. The molecule has 1 unspecified atom stereocenters. The van der Waals surface area contributed by atoms with Gasteiger partial charge in [0.15, 0.2) is 0 Å². The van der Waals surface area contributed by atoms with Gasteiger partial charge >= 0.3 is 0 Å². The summed E-state index contributed by atoms with van der Waals surface area (Å²) >= 11 is 6.13. The molecule has 0 aliphatic carbocycles. The molecule has 1 aliphatic heterocycles. The van der Waals surface area contributed by atoms with E-state index in [0.717, 1.165) is 32.6 Å². The quantitative estimate of drug-likeness (QED) is 0.905. The van der Waals surface area contributed by atoms with Gasteiger partial charge in [0.1, 0.15) is 5.82 Å². The van der Waals surface area contributed by atoms with Gasteiger partial charge in [0.25, 0.3) is 5.91 Å². The Kier molecular flexibility index (Phi) is 5.42. The zero-order chi connectivity index (χ0) is 15.4. The van der Waals surface area contributed by atoms with Crippen LogP contribution in [0.2, 0.25) is 5.02 Å². The van der Waals surface area contributed by atoms with E-state index < -0.39 is 0 Å². The molecule has 21 heavy (non-hydrogen) atoms. The summed E-state index contributed by atoms with van der Waals surface area (Å²) in [6.07, 6.45) is 2.67. The van der Waals surface area contributed by atoms with Crippen molar-refractivity contribution in [1.29, 1.82) is 0 Å². The van der Waals surface area contributed by atoms with Crippen molar-refractivity contribution in [1.82, 2.24) is 14.8 Å². The number of pyridine rings is 1. The Balaban J connectivity index is 2.06. The van der Waals surface area contributed by atoms with Crippen molar-refractivity contribution in [3.8, 4) is 0 Å². The van der Waals surface area contributed by atoms with Crippen LogP contribution in [0, 0.1) is 5.92 Å². The van der Waals surface area contributed by atoms with Crippen LogP contribution in [-0.2, 0) is 0 Å². The van der Waals surface area contributed by atoms with Gasteiger partial charge in [0.05, 0.1) is 10.6 Å². The minimum atomic E-state index is -0.0453. The van der Waals surface area contributed by atoms with Crippen LogP contribution < -0.4 is 5.32 Å². The first-order valence-electron chi connectivity index (χ1n) is 7.34. The lowest BCUT2D eigenvalue weighted by Gasteiger charge is -2.22. The number of carbonyl (C=O) groups is 1. The predicted molar refractivity (Wildman–Crippen MR) is 86.0 cm³/mol. The van der Waals surface area contributed by atoms with Crippen molar-refractivity contribution >= 4 is 23.3 Å². The maximum Gasteiger partial charge on any atom is 0.255 e. The normalized spacial score (nSPS) is 18.8. The minimum Gasteiger partial charge on any atom is -0.370 e. The standard InChI is InChI=1S/C15H23ClN4O/c1-4-17-14-7-12(13(16)8-18-14)15(21)20(3)10-11-5-6-19(2)9-11/h7-8,11H,4-6,9-10H2,1-3H3,(H,17,18). The number of nitrogens with zero attached hydrogens (tertiary/aromatic N) is 3. The Bertz CT molecular complexity index is 508. The van der Waals surface area contributed by atoms with Crippen LogP contribution in [-0.4, -0.2) is 61.0 Å². The number of halogens is 1. The van der Waals surface area contributed by atoms with Crippen molar-refractivity contribution in [3.05, 3.63) is 22.8 Å². The molecule has 1 atom stereocenters. The average Bonchev–Trinajstić information content (AvgIpc) is 2.85. The second-order valence-corrected chi connectivity index (χ2v) is 6.09. The summed E-state index contributed by atoms with van der Waals surface area (Å²) in [7, 11) is 3.95. The van der Waals surface area contributed by atoms with E-state index in [1.54, 1.807) is 11.0 Å². The molecule has 0 aromatic carbocycles. The number of rotatable bonds is 5. The highest BCUT2D eigenvalue weighted by Crippen LogP contribution is 2.21. The van der Waals surface area contributed by atoms with Crippen molar-refractivity contribution in [2.75, 3.05) is 45.6 Å². The van der Waals surface area contributed by atoms with Gasteiger partial charge in [-0.3, -0.25) is 4.79 Å². The van der Waals surface area contributed by atoms with E-state index in [2.05, 4.69) is 22.2 Å². The smallest absolute Gasteiger partial charge is 0.255 e. The van der Waals surface area contributed by atoms with Crippen LogP contribution >= 0.6 is 11.6 Å². The molecule has 1 saturated heterocycles. The predicted octanol–water partition coefficient (Wildman–Crippen LogP) is 2.19. The largest absolute Gasteiger partial charge is 0.370 e. The molecule has 1 fully saturated rings. The van der Waals surface area contributed by atoms with E-state index >= 15 is 0 Å². The Hall–Kier alpha value is -1.33. The van der Waals surface area contributed by atoms with Crippen LogP contribution in [0.5, 0.6) is 0 Å². The Morgan fingerprint density at radius 1 is 1.62 bits per heavy atom. The van der Waals surface area contributed by atoms with Gasteiger partial charge in [-0.15, -0.1) is 0 Å². The molecule has 1 aliphatic rings. The number of amides is 1. The SMILES string of the molecule is CCNc1cc(C(=O)N(C)CC2CCN(C)C2)c(Cl)cn1. The molecule has 1 amide bonds. The molecule has 1 aromatic rings. The molecule has 1 N–H and O–H groups in total. The van der Waals surface area contributed by atoms with E-state index in [1.165, 1.54) is 6.20 Å². The third-order valence-electron chi connectivity index (χ3n) is 3.81. The van der Waals surface area contributed by atoms with Gasteiger partial charge in [-0.2, -0.15) is 0 Å². The van der Waals surface area contributed by atoms with E-state index in [9.17, 15) is 4.79 Å². The number of aromatic nitrogens is 1. The molecule has 0 bridgehead atoms. The van der Waals surface area contributed by atoms with Crippen LogP contribution in [0.15, 0.2) is 12.3 Å². The molecule has 0 radical (unpaired) electrons. The summed E-state index contributed by atoms with van der Waals surface area (Å²) in [5, 5.41) is 3.50. The number of hydrogen-bond donors (Lipinski definition) is 1. The van der Waals surface area contributed by atoms with Crippen LogP contribution in [0.1, 0.15) is 23.7 Å². The highest BCUT2D eigenvalue weighted by Gasteiger charge is 2.24. The first kappa shape index (κ1) is 16.0. The van der Waals surface area contributed by atoms with Crippen LogP contribution in [0.3, 0.4) is 0 Å². The Labute approximate surface area is 131 Å². The molecule has 5 nitrogen and oxygen atoms in total. The summed E-state index contributed by atoms with van der Waals surface area (Å²) in [4.78, 5) is 20.8.